The van der Waals surface area contributed by atoms with Crippen LogP contribution in [0.2, 0.25) is 5.02 Å². The summed E-state index contributed by atoms with van der Waals surface area (Å²) < 4.78 is 2.94. The molecule has 0 aliphatic rings. The van der Waals surface area contributed by atoms with Crippen LogP contribution in [0.1, 0.15) is 44.0 Å². The van der Waals surface area contributed by atoms with Gasteiger partial charge < -0.3 is 5.32 Å². The molecule has 0 amide bonds. The highest BCUT2D eigenvalue weighted by atomic mass is 79.9. The van der Waals surface area contributed by atoms with Crippen LogP contribution in [0.15, 0.2) is 28.9 Å². The van der Waals surface area contributed by atoms with Gasteiger partial charge in [0.05, 0.1) is 17.9 Å². The normalized spacial score (nSPS) is 12.6. The zero-order valence-electron chi connectivity index (χ0n) is 12.3. The highest BCUT2D eigenvalue weighted by molar-refractivity contribution is 9.10. The fourth-order valence-corrected chi connectivity index (χ4v) is 3.18. The van der Waals surface area contributed by atoms with Gasteiger partial charge in [-0.05, 0) is 43.1 Å². The van der Waals surface area contributed by atoms with Gasteiger partial charge >= 0.3 is 0 Å². The molecule has 21 heavy (non-hydrogen) atoms. The Morgan fingerprint density at radius 2 is 2.10 bits per heavy atom. The lowest BCUT2D eigenvalue weighted by atomic mass is 10.0. The fraction of sp³-hybridized carbons (Fsp3) is 0.467. The van der Waals surface area contributed by atoms with Crippen molar-refractivity contribution >= 4 is 27.5 Å². The van der Waals surface area contributed by atoms with Crippen molar-refractivity contribution in [1.29, 1.82) is 0 Å². The smallest absolute Gasteiger partial charge is 0.0802 e. The van der Waals surface area contributed by atoms with Crippen molar-refractivity contribution in [2.45, 2.75) is 39.3 Å². The van der Waals surface area contributed by atoms with Crippen LogP contribution in [0.3, 0.4) is 0 Å². The molecule has 0 fully saturated rings. The van der Waals surface area contributed by atoms with Crippen molar-refractivity contribution in [2.75, 3.05) is 6.54 Å². The second kappa shape index (κ2) is 7.92. The minimum atomic E-state index is 0.0431. The Morgan fingerprint density at radius 3 is 2.76 bits per heavy atom. The molecule has 0 saturated heterocycles. The van der Waals surface area contributed by atoms with Gasteiger partial charge in [-0.2, -0.15) is 0 Å². The molecule has 0 aliphatic heterocycles. The predicted molar refractivity (Wildman–Crippen MR) is 89.6 cm³/mol. The van der Waals surface area contributed by atoms with Gasteiger partial charge in [0.1, 0.15) is 0 Å². The Kier molecular flexibility index (Phi) is 6.21. The van der Waals surface area contributed by atoms with E-state index in [0.29, 0.717) is 0 Å². The number of rotatable bonds is 7. The van der Waals surface area contributed by atoms with Crippen molar-refractivity contribution in [1.82, 2.24) is 20.3 Å². The molecule has 2 aromatic rings. The number of hydrogen-bond donors (Lipinski definition) is 1. The van der Waals surface area contributed by atoms with Gasteiger partial charge in [-0.1, -0.05) is 46.6 Å². The van der Waals surface area contributed by atoms with Crippen LogP contribution in [0.25, 0.3) is 0 Å². The maximum Gasteiger partial charge on any atom is 0.0802 e. The first kappa shape index (κ1) is 16.5. The molecular weight excluding hydrogens is 352 g/mol. The monoisotopic (exact) mass is 370 g/mol. The number of hydrogen-bond acceptors (Lipinski definition) is 3. The first-order valence-electron chi connectivity index (χ1n) is 7.23. The number of halogens is 2. The number of nitrogens with one attached hydrogen (secondary N) is 1. The van der Waals surface area contributed by atoms with E-state index >= 15 is 0 Å². The zero-order valence-corrected chi connectivity index (χ0v) is 14.7. The third-order valence-corrected chi connectivity index (χ3v) is 3.87. The van der Waals surface area contributed by atoms with Gasteiger partial charge in [0.2, 0.25) is 0 Å². The van der Waals surface area contributed by atoms with E-state index in [2.05, 4.69) is 51.5 Å². The van der Waals surface area contributed by atoms with Crippen molar-refractivity contribution in [3.8, 4) is 0 Å². The summed E-state index contributed by atoms with van der Waals surface area (Å²) in [4.78, 5) is 0. The molecule has 1 unspecified atom stereocenters. The van der Waals surface area contributed by atoms with Crippen molar-refractivity contribution in [2.24, 2.45) is 0 Å². The molecule has 1 heterocycles. The highest BCUT2D eigenvalue weighted by Crippen LogP contribution is 2.27. The quantitative estimate of drug-likeness (QED) is 0.793. The summed E-state index contributed by atoms with van der Waals surface area (Å²) in [7, 11) is 0. The van der Waals surface area contributed by atoms with Crippen molar-refractivity contribution in [3.05, 3.63) is 45.1 Å². The Balaban J connectivity index is 2.39. The number of benzene rings is 1. The summed E-state index contributed by atoms with van der Waals surface area (Å²) >= 11 is 9.71. The van der Waals surface area contributed by atoms with Gasteiger partial charge in [-0.3, -0.25) is 0 Å². The molecule has 114 valence electrons. The average Bonchev–Trinajstić information content (AvgIpc) is 2.87. The summed E-state index contributed by atoms with van der Waals surface area (Å²) in [5.41, 5.74) is 2.18. The van der Waals surface area contributed by atoms with Crippen LogP contribution in [0, 0.1) is 0 Å². The van der Waals surface area contributed by atoms with E-state index in [1.54, 1.807) is 0 Å². The van der Waals surface area contributed by atoms with E-state index in [9.17, 15) is 0 Å². The van der Waals surface area contributed by atoms with E-state index in [-0.39, 0.29) is 6.04 Å². The molecule has 0 aliphatic carbocycles. The molecule has 2 rings (SSSR count). The zero-order chi connectivity index (χ0) is 15.2. The lowest BCUT2D eigenvalue weighted by Crippen LogP contribution is -2.26. The van der Waals surface area contributed by atoms with E-state index < -0.39 is 0 Å². The lowest BCUT2D eigenvalue weighted by molar-refractivity contribution is 0.504. The first-order chi connectivity index (χ1) is 10.2. The standard InChI is InChI=1S/C15H20BrClN4/c1-3-5-18-15(11-7-12(16)9-13(17)8-11)14-10-19-20-21(14)6-4-2/h7-10,15,18H,3-6H2,1-2H3. The Bertz CT molecular complexity index is 565. The van der Waals surface area contributed by atoms with Crippen LogP contribution in [0.4, 0.5) is 0 Å². The van der Waals surface area contributed by atoms with Crippen LogP contribution < -0.4 is 5.32 Å². The molecule has 0 radical (unpaired) electrons. The second-order valence-electron chi connectivity index (χ2n) is 4.97. The van der Waals surface area contributed by atoms with Crippen LogP contribution in [-0.2, 0) is 6.54 Å². The van der Waals surface area contributed by atoms with Gasteiger partial charge in [0.25, 0.3) is 0 Å². The molecule has 1 aromatic carbocycles. The fourth-order valence-electron chi connectivity index (χ4n) is 2.30. The van der Waals surface area contributed by atoms with Crippen LogP contribution in [-0.4, -0.2) is 21.5 Å². The number of aromatic nitrogens is 3. The second-order valence-corrected chi connectivity index (χ2v) is 6.32. The van der Waals surface area contributed by atoms with E-state index in [0.717, 1.165) is 46.7 Å². The maximum absolute atomic E-state index is 6.19. The Morgan fingerprint density at radius 1 is 1.29 bits per heavy atom. The van der Waals surface area contributed by atoms with Crippen LogP contribution >= 0.6 is 27.5 Å². The van der Waals surface area contributed by atoms with Crippen molar-refractivity contribution < 1.29 is 0 Å². The molecule has 6 heteroatoms. The third kappa shape index (κ3) is 4.28. The Hall–Kier alpha value is -0.910. The highest BCUT2D eigenvalue weighted by Gasteiger charge is 2.19. The van der Waals surface area contributed by atoms with Gasteiger partial charge in [0, 0.05) is 16.0 Å². The van der Waals surface area contributed by atoms with Gasteiger partial charge in [-0.25, -0.2) is 4.68 Å². The predicted octanol–water partition coefficient (Wildman–Crippen LogP) is 4.19. The van der Waals surface area contributed by atoms with Gasteiger partial charge in [0.15, 0.2) is 0 Å². The molecule has 1 aromatic heterocycles. The maximum atomic E-state index is 6.19. The van der Waals surface area contributed by atoms with E-state index in [1.807, 2.05) is 23.0 Å². The largest absolute Gasteiger partial charge is 0.305 e. The van der Waals surface area contributed by atoms with Gasteiger partial charge in [-0.15, -0.1) is 5.10 Å². The summed E-state index contributed by atoms with van der Waals surface area (Å²) in [5, 5.41) is 12.5. The molecule has 1 N–H and O–H groups in total. The minimum absolute atomic E-state index is 0.0431. The molecule has 1 atom stereocenters. The third-order valence-electron chi connectivity index (χ3n) is 3.20. The van der Waals surface area contributed by atoms with Crippen LogP contribution in [0.5, 0.6) is 0 Å². The summed E-state index contributed by atoms with van der Waals surface area (Å²) in [6.07, 6.45) is 3.92. The minimum Gasteiger partial charge on any atom is -0.305 e. The molecule has 4 nitrogen and oxygen atoms in total. The van der Waals surface area contributed by atoms with E-state index in [4.69, 9.17) is 11.6 Å². The Labute approximate surface area is 139 Å². The number of nitrogens with zero attached hydrogens (tertiary/aromatic N) is 3. The lowest BCUT2D eigenvalue weighted by Gasteiger charge is -2.20. The topological polar surface area (TPSA) is 42.7 Å². The van der Waals surface area contributed by atoms with Crippen molar-refractivity contribution in [3.63, 3.8) is 0 Å². The molecule has 0 saturated carbocycles. The summed E-state index contributed by atoms with van der Waals surface area (Å²) in [6.45, 7) is 6.07. The summed E-state index contributed by atoms with van der Waals surface area (Å²) in [5.74, 6) is 0. The summed E-state index contributed by atoms with van der Waals surface area (Å²) in [6, 6.07) is 6.01. The molecular formula is C15H20BrClN4. The molecule has 0 spiro atoms. The average molecular weight is 372 g/mol. The number of aryl methyl sites for hydroxylation is 1. The van der Waals surface area contributed by atoms with E-state index in [1.165, 1.54) is 0 Å². The first-order valence-corrected chi connectivity index (χ1v) is 8.40. The molecule has 0 bridgehead atoms. The SMILES string of the molecule is CCCNC(c1cc(Cl)cc(Br)c1)c1cnnn1CCC.